The highest BCUT2D eigenvalue weighted by Gasteiger charge is 2.22. The van der Waals surface area contributed by atoms with Crippen LogP contribution in [0, 0.1) is 5.92 Å². The van der Waals surface area contributed by atoms with Crippen LogP contribution in [0.5, 0.6) is 0 Å². The highest BCUT2D eigenvalue weighted by molar-refractivity contribution is 6.30. The minimum absolute atomic E-state index is 0.527. The van der Waals surface area contributed by atoms with Crippen LogP contribution in [0.4, 0.5) is 0 Å². The summed E-state index contributed by atoms with van der Waals surface area (Å²) in [4.78, 5) is 0. The van der Waals surface area contributed by atoms with Gasteiger partial charge in [0.2, 0.25) is 0 Å². The topological polar surface area (TPSA) is 21.3 Å². The number of fused-ring (bicyclic) bond motifs is 1. The van der Waals surface area contributed by atoms with Crippen LogP contribution in [0.3, 0.4) is 0 Å². The number of aryl methyl sites for hydroxylation is 1. The summed E-state index contributed by atoms with van der Waals surface area (Å²) in [6.45, 7) is 3.01. The summed E-state index contributed by atoms with van der Waals surface area (Å²) < 4.78 is 5.41. The second-order valence-electron chi connectivity index (χ2n) is 5.41. The summed E-state index contributed by atoms with van der Waals surface area (Å²) in [7, 11) is 0. The molecule has 0 spiro atoms. The first-order valence-corrected chi connectivity index (χ1v) is 7.30. The molecule has 3 heteroatoms. The Morgan fingerprint density at radius 2 is 2.28 bits per heavy atom. The molecule has 1 aliphatic heterocycles. The van der Waals surface area contributed by atoms with Crippen molar-refractivity contribution in [2.75, 3.05) is 19.8 Å². The molecule has 0 bridgehead atoms. The zero-order chi connectivity index (χ0) is 12.4. The predicted molar refractivity (Wildman–Crippen MR) is 74.1 cm³/mol. The van der Waals surface area contributed by atoms with E-state index in [2.05, 4.69) is 17.4 Å². The quantitative estimate of drug-likeness (QED) is 0.902. The first-order chi connectivity index (χ1) is 8.83. The fraction of sp³-hybridized carbons (Fsp3) is 0.600. The predicted octanol–water partition coefficient (Wildman–Crippen LogP) is 3.34. The lowest BCUT2D eigenvalue weighted by atomic mass is 10.0. The SMILES string of the molecule is Clc1ccc2c(c1)CCC2NCCC1CCOC1. The van der Waals surface area contributed by atoms with Gasteiger partial charge in [-0.3, -0.25) is 0 Å². The van der Waals surface area contributed by atoms with Gasteiger partial charge in [0, 0.05) is 24.3 Å². The standard InChI is InChI=1S/C15H20ClNO/c16-13-2-3-14-12(9-13)1-4-15(14)17-7-5-11-6-8-18-10-11/h2-3,9,11,15,17H,1,4-8,10H2. The Labute approximate surface area is 114 Å². The van der Waals surface area contributed by atoms with Crippen molar-refractivity contribution in [2.45, 2.75) is 31.7 Å². The van der Waals surface area contributed by atoms with Crippen LogP contribution in [0.1, 0.15) is 36.4 Å². The van der Waals surface area contributed by atoms with Crippen LogP contribution in [-0.2, 0) is 11.2 Å². The third kappa shape index (κ3) is 2.71. The van der Waals surface area contributed by atoms with E-state index in [4.69, 9.17) is 16.3 Å². The number of hydrogen-bond acceptors (Lipinski definition) is 2. The zero-order valence-corrected chi connectivity index (χ0v) is 11.4. The van der Waals surface area contributed by atoms with Crippen molar-refractivity contribution in [3.8, 4) is 0 Å². The summed E-state index contributed by atoms with van der Waals surface area (Å²) in [5, 5.41) is 4.54. The maximum Gasteiger partial charge on any atom is 0.0495 e. The molecule has 2 atom stereocenters. The third-order valence-corrected chi connectivity index (χ3v) is 4.39. The van der Waals surface area contributed by atoms with E-state index in [1.165, 1.54) is 30.4 Å². The molecule has 18 heavy (non-hydrogen) atoms. The van der Waals surface area contributed by atoms with Gasteiger partial charge in [-0.15, -0.1) is 0 Å². The smallest absolute Gasteiger partial charge is 0.0495 e. The van der Waals surface area contributed by atoms with Gasteiger partial charge in [-0.25, -0.2) is 0 Å². The summed E-state index contributed by atoms with van der Waals surface area (Å²) in [6, 6.07) is 6.83. The molecule has 1 aromatic carbocycles. The van der Waals surface area contributed by atoms with Crippen molar-refractivity contribution >= 4 is 11.6 Å². The van der Waals surface area contributed by atoms with Crippen LogP contribution in [0.15, 0.2) is 18.2 Å². The first-order valence-electron chi connectivity index (χ1n) is 6.92. The van der Waals surface area contributed by atoms with Gasteiger partial charge in [-0.1, -0.05) is 17.7 Å². The molecule has 1 fully saturated rings. The monoisotopic (exact) mass is 265 g/mol. The summed E-state index contributed by atoms with van der Waals surface area (Å²) in [5.41, 5.74) is 2.87. The van der Waals surface area contributed by atoms with E-state index in [9.17, 15) is 0 Å². The molecule has 98 valence electrons. The Kier molecular flexibility index (Phi) is 3.88. The number of hydrogen-bond donors (Lipinski definition) is 1. The highest BCUT2D eigenvalue weighted by Crippen LogP contribution is 2.32. The van der Waals surface area contributed by atoms with Gasteiger partial charge in [-0.05, 0) is 61.4 Å². The van der Waals surface area contributed by atoms with Crippen LogP contribution in [0.25, 0.3) is 0 Å². The lowest BCUT2D eigenvalue weighted by Gasteiger charge is -2.15. The third-order valence-electron chi connectivity index (χ3n) is 4.15. The van der Waals surface area contributed by atoms with Gasteiger partial charge < -0.3 is 10.1 Å². The molecule has 0 radical (unpaired) electrons. The van der Waals surface area contributed by atoms with E-state index >= 15 is 0 Å². The molecule has 0 amide bonds. The molecule has 3 rings (SSSR count). The Bertz CT molecular complexity index is 415. The van der Waals surface area contributed by atoms with Crippen LogP contribution in [0.2, 0.25) is 5.02 Å². The zero-order valence-electron chi connectivity index (χ0n) is 10.6. The van der Waals surface area contributed by atoms with Gasteiger partial charge in [-0.2, -0.15) is 0 Å². The fourth-order valence-corrected chi connectivity index (χ4v) is 3.27. The molecular weight excluding hydrogens is 246 g/mol. The Morgan fingerprint density at radius 1 is 1.33 bits per heavy atom. The van der Waals surface area contributed by atoms with Crippen molar-refractivity contribution in [1.82, 2.24) is 5.32 Å². The molecule has 1 N–H and O–H groups in total. The van der Waals surface area contributed by atoms with Crippen LogP contribution >= 0.6 is 11.6 Å². The van der Waals surface area contributed by atoms with Gasteiger partial charge in [0.15, 0.2) is 0 Å². The lowest BCUT2D eigenvalue weighted by Crippen LogP contribution is -2.22. The minimum Gasteiger partial charge on any atom is -0.381 e. The van der Waals surface area contributed by atoms with Crippen molar-refractivity contribution in [3.63, 3.8) is 0 Å². The molecule has 1 heterocycles. The second kappa shape index (κ2) is 5.60. The molecule has 1 aliphatic carbocycles. The normalized spacial score (nSPS) is 26.5. The summed E-state index contributed by atoms with van der Waals surface area (Å²) in [5.74, 6) is 0.767. The van der Waals surface area contributed by atoms with E-state index in [0.29, 0.717) is 6.04 Å². The lowest BCUT2D eigenvalue weighted by molar-refractivity contribution is 0.184. The average molecular weight is 266 g/mol. The highest BCUT2D eigenvalue weighted by atomic mass is 35.5. The van der Waals surface area contributed by atoms with Crippen molar-refractivity contribution in [3.05, 3.63) is 34.3 Å². The van der Waals surface area contributed by atoms with E-state index in [1.54, 1.807) is 0 Å². The van der Waals surface area contributed by atoms with Crippen molar-refractivity contribution < 1.29 is 4.74 Å². The van der Waals surface area contributed by atoms with E-state index in [0.717, 1.165) is 37.1 Å². The molecule has 1 saturated heterocycles. The molecule has 1 aromatic rings. The maximum absolute atomic E-state index is 6.03. The summed E-state index contributed by atoms with van der Waals surface area (Å²) in [6.07, 6.45) is 4.83. The molecule has 2 aliphatic rings. The number of rotatable bonds is 4. The Hall–Kier alpha value is -0.570. The molecule has 0 aromatic heterocycles. The van der Waals surface area contributed by atoms with E-state index in [-0.39, 0.29) is 0 Å². The van der Waals surface area contributed by atoms with E-state index in [1.807, 2.05) is 6.07 Å². The Morgan fingerprint density at radius 3 is 3.11 bits per heavy atom. The number of ether oxygens (including phenoxy) is 1. The first kappa shape index (κ1) is 12.5. The van der Waals surface area contributed by atoms with Gasteiger partial charge in [0.1, 0.15) is 0 Å². The minimum atomic E-state index is 0.527. The molecule has 2 unspecified atom stereocenters. The number of benzene rings is 1. The second-order valence-corrected chi connectivity index (χ2v) is 5.84. The maximum atomic E-state index is 6.03. The van der Waals surface area contributed by atoms with Crippen molar-refractivity contribution in [1.29, 1.82) is 0 Å². The summed E-state index contributed by atoms with van der Waals surface area (Å²) >= 11 is 6.03. The fourth-order valence-electron chi connectivity index (χ4n) is 3.07. The van der Waals surface area contributed by atoms with Crippen molar-refractivity contribution in [2.24, 2.45) is 5.92 Å². The van der Waals surface area contributed by atoms with Gasteiger partial charge in [0.25, 0.3) is 0 Å². The number of halogens is 1. The molecule has 2 nitrogen and oxygen atoms in total. The van der Waals surface area contributed by atoms with Gasteiger partial charge >= 0.3 is 0 Å². The molecular formula is C15H20ClNO. The van der Waals surface area contributed by atoms with Crippen LogP contribution in [-0.4, -0.2) is 19.8 Å². The van der Waals surface area contributed by atoms with E-state index < -0.39 is 0 Å². The van der Waals surface area contributed by atoms with Gasteiger partial charge in [0.05, 0.1) is 0 Å². The average Bonchev–Trinajstić information content (AvgIpc) is 2.99. The largest absolute Gasteiger partial charge is 0.381 e. The Balaban J connectivity index is 1.53. The van der Waals surface area contributed by atoms with Crippen LogP contribution < -0.4 is 5.32 Å². The number of nitrogens with one attached hydrogen (secondary N) is 1. The molecule has 0 saturated carbocycles.